The molecule has 0 spiro atoms. The molecule has 0 amide bonds. The number of hydrogen-bond donors (Lipinski definition) is 0. The van der Waals surface area contributed by atoms with E-state index in [0.29, 0.717) is 23.0 Å². The lowest BCUT2D eigenvalue weighted by Gasteiger charge is -2.18. The standard InChI is InChI=1S/C12H14Cl3NO2S/c1-16(7-8-2-3-8)19(17,18)11-5-4-10(14)9(6-13)12(11)15/h4-5,8H,2-3,6-7H2,1H3. The largest absolute Gasteiger partial charge is 0.244 e. The molecule has 0 saturated heterocycles. The van der Waals surface area contributed by atoms with Gasteiger partial charge in [0.15, 0.2) is 0 Å². The Hall–Kier alpha value is -0.000000000000000167. The molecule has 0 atom stereocenters. The summed E-state index contributed by atoms with van der Waals surface area (Å²) in [6, 6.07) is 2.95. The lowest BCUT2D eigenvalue weighted by molar-refractivity contribution is 0.453. The highest BCUT2D eigenvalue weighted by atomic mass is 35.5. The van der Waals surface area contributed by atoms with Crippen LogP contribution in [0.15, 0.2) is 17.0 Å². The first-order chi connectivity index (χ1) is 8.87. The molecule has 1 aromatic carbocycles. The minimum atomic E-state index is -3.59. The van der Waals surface area contributed by atoms with Crippen LogP contribution in [0.1, 0.15) is 18.4 Å². The van der Waals surface area contributed by atoms with Crippen molar-refractivity contribution >= 4 is 44.8 Å². The summed E-state index contributed by atoms with van der Waals surface area (Å²) in [6.07, 6.45) is 2.17. The number of nitrogens with zero attached hydrogens (tertiary/aromatic N) is 1. The van der Waals surface area contributed by atoms with Gasteiger partial charge in [-0.25, -0.2) is 12.7 Å². The fraction of sp³-hybridized carbons (Fsp3) is 0.500. The van der Waals surface area contributed by atoms with E-state index in [4.69, 9.17) is 34.8 Å². The van der Waals surface area contributed by atoms with E-state index in [1.54, 1.807) is 7.05 Å². The van der Waals surface area contributed by atoms with Crippen molar-refractivity contribution in [3.8, 4) is 0 Å². The molecule has 0 aliphatic heterocycles. The minimum Gasteiger partial charge on any atom is -0.207 e. The van der Waals surface area contributed by atoms with Crippen molar-refractivity contribution in [3.63, 3.8) is 0 Å². The second-order valence-corrected chi connectivity index (χ2v) is 7.77. The van der Waals surface area contributed by atoms with Gasteiger partial charge in [0, 0.05) is 24.2 Å². The SMILES string of the molecule is CN(CC1CC1)S(=O)(=O)c1ccc(Cl)c(CCl)c1Cl. The fourth-order valence-corrected chi connectivity index (χ4v) is 4.37. The first kappa shape index (κ1) is 15.4. The summed E-state index contributed by atoms with van der Waals surface area (Å²) in [5.41, 5.74) is 0.450. The lowest BCUT2D eigenvalue weighted by Crippen LogP contribution is -2.29. The summed E-state index contributed by atoms with van der Waals surface area (Å²) in [4.78, 5) is 0.0670. The highest BCUT2D eigenvalue weighted by Crippen LogP contribution is 2.35. The zero-order chi connectivity index (χ0) is 14.2. The quantitative estimate of drug-likeness (QED) is 0.764. The van der Waals surface area contributed by atoms with Crippen molar-refractivity contribution < 1.29 is 8.42 Å². The van der Waals surface area contributed by atoms with Crippen molar-refractivity contribution in [2.75, 3.05) is 13.6 Å². The number of benzene rings is 1. The van der Waals surface area contributed by atoms with Gasteiger partial charge in [-0.1, -0.05) is 23.2 Å². The van der Waals surface area contributed by atoms with Gasteiger partial charge in [-0.2, -0.15) is 0 Å². The lowest BCUT2D eigenvalue weighted by atomic mass is 10.2. The molecular weight excluding hydrogens is 329 g/mol. The van der Waals surface area contributed by atoms with Crippen LogP contribution >= 0.6 is 34.8 Å². The number of sulfonamides is 1. The zero-order valence-electron chi connectivity index (χ0n) is 10.4. The maximum atomic E-state index is 12.5. The molecule has 2 rings (SSSR count). The van der Waals surface area contributed by atoms with E-state index in [1.807, 2.05) is 0 Å². The summed E-state index contributed by atoms with van der Waals surface area (Å²) in [5.74, 6) is 0.547. The second-order valence-electron chi connectivity index (χ2n) is 4.70. The van der Waals surface area contributed by atoms with Gasteiger partial charge in [0.1, 0.15) is 4.90 Å². The summed E-state index contributed by atoms with van der Waals surface area (Å²) in [6.45, 7) is 0.525. The molecule has 0 aromatic heterocycles. The Kier molecular flexibility index (Phi) is 4.68. The van der Waals surface area contributed by atoms with Crippen LogP contribution in [-0.4, -0.2) is 26.3 Å². The van der Waals surface area contributed by atoms with Crippen LogP contribution in [0.3, 0.4) is 0 Å². The molecule has 0 bridgehead atoms. The van der Waals surface area contributed by atoms with Gasteiger partial charge >= 0.3 is 0 Å². The molecular formula is C12H14Cl3NO2S. The van der Waals surface area contributed by atoms with Crippen molar-refractivity contribution in [2.24, 2.45) is 5.92 Å². The maximum Gasteiger partial charge on any atom is 0.244 e. The highest BCUT2D eigenvalue weighted by Gasteiger charge is 2.31. The van der Waals surface area contributed by atoms with Crippen LogP contribution < -0.4 is 0 Å². The third-order valence-electron chi connectivity index (χ3n) is 3.18. The normalized spacial score (nSPS) is 16.1. The van der Waals surface area contributed by atoms with Gasteiger partial charge in [0.2, 0.25) is 10.0 Å². The molecule has 1 aromatic rings. The Balaban J connectivity index is 2.39. The van der Waals surface area contributed by atoms with Crippen LogP contribution in [0, 0.1) is 5.92 Å². The topological polar surface area (TPSA) is 37.4 Å². The van der Waals surface area contributed by atoms with Gasteiger partial charge in [0.05, 0.1) is 10.9 Å². The molecule has 0 unspecified atom stereocenters. The number of halogens is 3. The fourth-order valence-electron chi connectivity index (χ4n) is 1.83. The third-order valence-corrected chi connectivity index (χ3v) is 6.22. The van der Waals surface area contributed by atoms with E-state index >= 15 is 0 Å². The monoisotopic (exact) mass is 341 g/mol. The van der Waals surface area contributed by atoms with E-state index in [0.717, 1.165) is 12.8 Å². The van der Waals surface area contributed by atoms with Gasteiger partial charge in [0.25, 0.3) is 0 Å². The van der Waals surface area contributed by atoms with Crippen molar-refractivity contribution in [1.29, 1.82) is 0 Å². The molecule has 0 heterocycles. The summed E-state index contributed by atoms with van der Waals surface area (Å²) < 4.78 is 26.2. The molecule has 0 radical (unpaired) electrons. The summed E-state index contributed by atoms with van der Waals surface area (Å²) in [5, 5.41) is 0.494. The van der Waals surface area contributed by atoms with Crippen LogP contribution in [0.2, 0.25) is 10.0 Å². The maximum absolute atomic E-state index is 12.5. The van der Waals surface area contributed by atoms with Crippen LogP contribution in [0.25, 0.3) is 0 Å². The van der Waals surface area contributed by atoms with E-state index in [2.05, 4.69) is 0 Å². The second kappa shape index (κ2) is 5.78. The van der Waals surface area contributed by atoms with E-state index in [9.17, 15) is 8.42 Å². The van der Waals surface area contributed by atoms with E-state index in [-0.39, 0.29) is 15.8 Å². The van der Waals surface area contributed by atoms with Crippen molar-refractivity contribution in [1.82, 2.24) is 4.31 Å². The number of rotatable bonds is 5. The van der Waals surface area contributed by atoms with Crippen molar-refractivity contribution in [3.05, 3.63) is 27.7 Å². The average Bonchev–Trinajstić information content (AvgIpc) is 3.13. The first-order valence-electron chi connectivity index (χ1n) is 5.87. The molecule has 3 nitrogen and oxygen atoms in total. The van der Waals surface area contributed by atoms with Crippen molar-refractivity contribution in [2.45, 2.75) is 23.6 Å². The Morgan fingerprint density at radius 1 is 1.32 bits per heavy atom. The molecule has 19 heavy (non-hydrogen) atoms. The van der Waals surface area contributed by atoms with E-state index in [1.165, 1.54) is 16.4 Å². The predicted octanol–water partition coefficient (Wildman–Crippen LogP) is 3.76. The highest BCUT2D eigenvalue weighted by molar-refractivity contribution is 7.89. The van der Waals surface area contributed by atoms with Crippen LogP contribution in [0.5, 0.6) is 0 Å². The summed E-state index contributed by atoms with van der Waals surface area (Å²) in [7, 11) is -2.02. The Labute approximate surface area is 128 Å². The minimum absolute atomic E-state index is 0.0670. The van der Waals surface area contributed by atoms with Gasteiger partial charge in [-0.15, -0.1) is 11.6 Å². The smallest absolute Gasteiger partial charge is 0.207 e. The molecule has 1 aliphatic rings. The Morgan fingerprint density at radius 3 is 2.47 bits per heavy atom. The Bertz CT molecular complexity index is 585. The number of hydrogen-bond acceptors (Lipinski definition) is 2. The third kappa shape index (κ3) is 3.19. The molecule has 106 valence electrons. The van der Waals surface area contributed by atoms with Gasteiger partial charge in [-0.05, 0) is 30.9 Å². The molecule has 7 heteroatoms. The van der Waals surface area contributed by atoms with E-state index < -0.39 is 10.0 Å². The Morgan fingerprint density at radius 2 is 1.95 bits per heavy atom. The summed E-state index contributed by atoms with van der Waals surface area (Å²) >= 11 is 17.8. The van der Waals surface area contributed by atoms with Gasteiger partial charge < -0.3 is 0 Å². The molecule has 1 fully saturated rings. The molecule has 0 N–H and O–H groups in total. The molecule has 1 aliphatic carbocycles. The average molecular weight is 343 g/mol. The van der Waals surface area contributed by atoms with Crippen LogP contribution in [0.4, 0.5) is 0 Å². The zero-order valence-corrected chi connectivity index (χ0v) is 13.5. The number of alkyl halides is 1. The van der Waals surface area contributed by atoms with Gasteiger partial charge in [-0.3, -0.25) is 0 Å². The first-order valence-corrected chi connectivity index (χ1v) is 8.60. The molecule has 1 saturated carbocycles. The van der Waals surface area contributed by atoms with Crippen LogP contribution in [-0.2, 0) is 15.9 Å². The predicted molar refractivity (Wildman–Crippen MR) is 78.6 cm³/mol.